The Balaban J connectivity index is 1.24. The Morgan fingerprint density at radius 3 is 2.48 bits per heavy atom. The quantitative estimate of drug-likeness (QED) is 0.255. The van der Waals surface area contributed by atoms with Gasteiger partial charge in [-0.2, -0.15) is 0 Å². The van der Waals surface area contributed by atoms with Gasteiger partial charge in [0.25, 0.3) is 5.91 Å². The molecule has 0 saturated carbocycles. The van der Waals surface area contributed by atoms with E-state index in [9.17, 15) is 14.0 Å². The molecule has 1 N–H and O–H groups in total. The highest BCUT2D eigenvalue weighted by Crippen LogP contribution is 2.37. The molecule has 2 aliphatic heterocycles. The van der Waals surface area contributed by atoms with Gasteiger partial charge in [-0.1, -0.05) is 35.5 Å². The van der Waals surface area contributed by atoms with Crippen LogP contribution in [0.4, 0.5) is 15.8 Å². The number of hydrogen-bond donors (Lipinski definition) is 1. The maximum Gasteiger partial charge on any atom is 0.251 e. The van der Waals surface area contributed by atoms with Gasteiger partial charge >= 0.3 is 0 Å². The van der Waals surface area contributed by atoms with Crippen LogP contribution >= 0.6 is 0 Å². The van der Waals surface area contributed by atoms with E-state index in [4.69, 9.17) is 14.2 Å². The van der Waals surface area contributed by atoms with Gasteiger partial charge in [-0.05, 0) is 71.8 Å². The summed E-state index contributed by atoms with van der Waals surface area (Å²) >= 11 is 0. The Kier molecular flexibility index (Phi) is 8.17. The Hall–Kier alpha value is -5.49. The molecule has 2 aliphatic rings. The van der Waals surface area contributed by atoms with E-state index in [2.05, 4.69) is 20.5 Å². The lowest BCUT2D eigenvalue weighted by molar-refractivity contribution is -0.140. The number of carbonyl (C=O) groups is 2. The van der Waals surface area contributed by atoms with E-state index in [0.717, 1.165) is 18.8 Å². The Bertz CT molecular complexity index is 1860. The van der Waals surface area contributed by atoms with Crippen LogP contribution in [0.15, 0.2) is 91.0 Å². The summed E-state index contributed by atoms with van der Waals surface area (Å²) in [7, 11) is 0. The number of halogens is 1. The summed E-state index contributed by atoms with van der Waals surface area (Å²) in [5, 5.41) is 11.4. The maximum absolute atomic E-state index is 14.3. The average Bonchev–Trinajstić information content (AvgIpc) is 3.73. The van der Waals surface area contributed by atoms with Crippen LogP contribution in [0, 0.1) is 5.82 Å². The van der Waals surface area contributed by atoms with Crippen molar-refractivity contribution in [1.82, 2.24) is 19.9 Å². The zero-order valence-electron chi connectivity index (χ0n) is 24.8. The number of carbonyl (C=O) groups excluding carboxylic acids is 2. The lowest BCUT2D eigenvalue weighted by Crippen LogP contribution is -2.42. The molecule has 11 nitrogen and oxygen atoms in total. The third kappa shape index (κ3) is 6.20. The van der Waals surface area contributed by atoms with Crippen LogP contribution in [0.25, 0.3) is 11.0 Å². The molecule has 0 aliphatic carbocycles. The Morgan fingerprint density at radius 2 is 1.67 bits per heavy atom. The molecule has 7 rings (SSSR count). The molecule has 3 heterocycles. The number of ether oxygens (including phenoxy) is 3. The van der Waals surface area contributed by atoms with Crippen molar-refractivity contribution in [2.45, 2.75) is 19.1 Å². The fourth-order valence-corrected chi connectivity index (χ4v) is 5.71. The molecule has 5 aromatic rings. The molecule has 1 aromatic heterocycles. The minimum Gasteiger partial charge on any atom is -0.454 e. The molecular weight excluding hydrogens is 591 g/mol. The molecule has 12 heteroatoms. The van der Waals surface area contributed by atoms with Crippen molar-refractivity contribution in [2.75, 3.05) is 43.3 Å². The molecule has 1 fully saturated rings. The molecule has 0 spiro atoms. The van der Waals surface area contributed by atoms with Crippen LogP contribution in [0.3, 0.4) is 0 Å². The van der Waals surface area contributed by atoms with E-state index >= 15 is 0 Å². The van der Waals surface area contributed by atoms with Gasteiger partial charge in [0.15, 0.2) is 11.5 Å². The molecule has 1 atom stereocenters. The van der Waals surface area contributed by atoms with E-state index < -0.39 is 17.8 Å². The highest BCUT2D eigenvalue weighted by Gasteiger charge is 2.33. The highest BCUT2D eigenvalue weighted by atomic mass is 19.1. The van der Waals surface area contributed by atoms with Crippen molar-refractivity contribution in [3.63, 3.8) is 0 Å². The predicted molar refractivity (Wildman–Crippen MR) is 168 cm³/mol. The minimum atomic E-state index is -1.10. The SMILES string of the molecule is O=C(Nc1ccc(N2CCOCC2)cc1)C(c1ccc2c(c1)OCO2)N(Cc1ccc(F)cc1)C(=O)Cn1nnc2ccccc21. The molecule has 46 heavy (non-hydrogen) atoms. The third-order valence-corrected chi connectivity index (χ3v) is 8.08. The monoisotopic (exact) mass is 622 g/mol. The molecule has 0 radical (unpaired) electrons. The van der Waals surface area contributed by atoms with Crippen molar-refractivity contribution in [3.8, 4) is 11.5 Å². The van der Waals surface area contributed by atoms with Crippen LogP contribution in [0.5, 0.6) is 11.5 Å². The van der Waals surface area contributed by atoms with Crippen molar-refractivity contribution in [2.24, 2.45) is 0 Å². The summed E-state index contributed by atoms with van der Waals surface area (Å²) in [5.41, 5.74) is 4.09. The van der Waals surface area contributed by atoms with Crippen LogP contribution < -0.4 is 19.7 Å². The summed E-state index contributed by atoms with van der Waals surface area (Å²) in [6.07, 6.45) is 0. The summed E-state index contributed by atoms with van der Waals surface area (Å²) in [4.78, 5) is 32.3. The van der Waals surface area contributed by atoms with Gasteiger partial charge in [0.1, 0.15) is 23.9 Å². The first-order valence-electron chi connectivity index (χ1n) is 15.0. The van der Waals surface area contributed by atoms with Crippen LogP contribution in [-0.4, -0.2) is 64.8 Å². The number of hydrogen-bond acceptors (Lipinski definition) is 8. The number of anilines is 2. The van der Waals surface area contributed by atoms with Crippen molar-refractivity contribution in [1.29, 1.82) is 0 Å². The van der Waals surface area contributed by atoms with Crippen LogP contribution in [0.1, 0.15) is 17.2 Å². The van der Waals surface area contributed by atoms with Crippen molar-refractivity contribution < 1.29 is 28.2 Å². The number of aromatic nitrogens is 3. The van der Waals surface area contributed by atoms with E-state index in [1.165, 1.54) is 21.7 Å². The third-order valence-electron chi connectivity index (χ3n) is 8.08. The van der Waals surface area contributed by atoms with E-state index in [-0.39, 0.29) is 25.8 Å². The lowest BCUT2D eigenvalue weighted by atomic mass is 10.0. The van der Waals surface area contributed by atoms with Crippen LogP contribution in [0.2, 0.25) is 0 Å². The van der Waals surface area contributed by atoms with Gasteiger partial charge < -0.3 is 29.3 Å². The number of nitrogens with one attached hydrogen (secondary N) is 1. The average molecular weight is 623 g/mol. The topological polar surface area (TPSA) is 111 Å². The number of benzene rings is 4. The van der Waals surface area contributed by atoms with Gasteiger partial charge in [0, 0.05) is 31.0 Å². The second kappa shape index (κ2) is 12.9. The fourth-order valence-electron chi connectivity index (χ4n) is 5.71. The molecule has 4 aromatic carbocycles. The van der Waals surface area contributed by atoms with Crippen molar-refractivity contribution in [3.05, 3.63) is 108 Å². The molecule has 234 valence electrons. The number of rotatable bonds is 9. The first-order valence-corrected chi connectivity index (χ1v) is 15.0. The first-order chi connectivity index (χ1) is 22.5. The normalized spacial score (nSPS) is 14.7. The first kappa shape index (κ1) is 29.2. The second-order valence-electron chi connectivity index (χ2n) is 11.0. The van der Waals surface area contributed by atoms with Gasteiger partial charge in [0.05, 0.1) is 18.7 Å². The number of amides is 2. The molecule has 1 unspecified atom stereocenters. The van der Waals surface area contributed by atoms with E-state index in [1.807, 2.05) is 48.5 Å². The maximum atomic E-state index is 14.3. The standard InChI is InChI=1S/C34H31FN6O5/c35-25-8-5-23(6-9-25)20-40(32(42)21-41-29-4-2-1-3-28(29)37-38-41)33(24-7-14-30-31(19-24)46-22-45-30)34(43)36-26-10-12-27(13-11-26)39-15-17-44-18-16-39/h1-14,19,33H,15-18,20-22H2,(H,36,43). The fraction of sp³-hybridized carbons (Fsp3) is 0.235. The number of nitrogens with zero attached hydrogens (tertiary/aromatic N) is 5. The van der Waals surface area contributed by atoms with E-state index in [0.29, 0.717) is 52.6 Å². The highest BCUT2D eigenvalue weighted by molar-refractivity contribution is 5.98. The smallest absolute Gasteiger partial charge is 0.251 e. The van der Waals surface area contributed by atoms with Crippen molar-refractivity contribution >= 4 is 34.2 Å². The largest absolute Gasteiger partial charge is 0.454 e. The van der Waals surface area contributed by atoms with Gasteiger partial charge in [-0.15, -0.1) is 5.10 Å². The zero-order valence-corrected chi connectivity index (χ0v) is 24.8. The minimum absolute atomic E-state index is 0.0221. The molecular formula is C34H31FN6O5. The Labute approximate surface area is 264 Å². The Morgan fingerprint density at radius 1 is 0.913 bits per heavy atom. The number of morpholine rings is 1. The molecule has 2 amide bonds. The van der Waals surface area contributed by atoms with E-state index in [1.54, 1.807) is 30.3 Å². The number of para-hydroxylation sites is 1. The molecule has 1 saturated heterocycles. The van der Waals surface area contributed by atoms with Gasteiger partial charge in [0.2, 0.25) is 12.7 Å². The molecule has 0 bridgehead atoms. The zero-order chi connectivity index (χ0) is 31.5. The van der Waals surface area contributed by atoms with Gasteiger partial charge in [-0.3, -0.25) is 9.59 Å². The number of fused-ring (bicyclic) bond motifs is 2. The van der Waals surface area contributed by atoms with Gasteiger partial charge in [-0.25, -0.2) is 9.07 Å². The second-order valence-corrected chi connectivity index (χ2v) is 11.0. The lowest BCUT2D eigenvalue weighted by Gasteiger charge is -2.32. The summed E-state index contributed by atoms with van der Waals surface area (Å²) in [6, 6.07) is 24.8. The summed E-state index contributed by atoms with van der Waals surface area (Å²) in [6.45, 7) is 2.82. The summed E-state index contributed by atoms with van der Waals surface area (Å²) < 4.78 is 32.0. The predicted octanol–water partition coefficient (Wildman–Crippen LogP) is 4.54. The summed E-state index contributed by atoms with van der Waals surface area (Å²) in [5.74, 6) is -0.201. The van der Waals surface area contributed by atoms with Crippen LogP contribution in [-0.2, 0) is 27.4 Å².